The first-order valence-corrected chi connectivity index (χ1v) is 18.8. The van der Waals surface area contributed by atoms with Crippen LogP contribution in [-0.2, 0) is 58.0 Å². The average Bonchev–Trinajstić information content (AvgIpc) is 2.94. The number of sulfonamides is 2. The number of nitrogens with one attached hydrogen (secondary N) is 2. The number of rotatable bonds is 15. The summed E-state index contributed by atoms with van der Waals surface area (Å²) >= 11 is 0. The van der Waals surface area contributed by atoms with E-state index < -0.39 is 119 Å². The summed E-state index contributed by atoms with van der Waals surface area (Å²) in [7, 11) is -7.74. The van der Waals surface area contributed by atoms with Crippen LogP contribution in [0.2, 0.25) is 0 Å². The van der Waals surface area contributed by atoms with Crippen molar-refractivity contribution in [1.82, 2.24) is 9.44 Å². The molecule has 276 valence electrons. The molecule has 0 bridgehead atoms. The van der Waals surface area contributed by atoms with E-state index in [0.29, 0.717) is 0 Å². The van der Waals surface area contributed by atoms with Crippen molar-refractivity contribution < 1.29 is 80.3 Å². The van der Waals surface area contributed by atoms with Gasteiger partial charge in [-0.2, -0.15) is 0 Å². The Morgan fingerprint density at radius 2 is 1.38 bits per heavy atom. The molecule has 3 aliphatic rings. The molecule has 0 aromatic carbocycles. The van der Waals surface area contributed by atoms with Gasteiger partial charge < -0.3 is 58.7 Å². The zero-order chi connectivity index (χ0) is 35.4. The number of carbonyl (C=O) groups is 1. The van der Waals surface area contributed by atoms with E-state index in [1.807, 2.05) is 0 Å². The van der Waals surface area contributed by atoms with Crippen LogP contribution < -0.4 is 9.44 Å². The molecule has 47 heavy (non-hydrogen) atoms. The van der Waals surface area contributed by atoms with Gasteiger partial charge in [0.1, 0.15) is 36.6 Å². The maximum Gasteiger partial charge on any atom is 0.295 e. The van der Waals surface area contributed by atoms with Crippen molar-refractivity contribution in [2.24, 2.45) is 5.92 Å². The highest BCUT2D eigenvalue weighted by atomic mass is 32.2. The molecule has 0 radical (unpaired) electrons. The Hall–Kier alpha value is -1.15. The van der Waals surface area contributed by atoms with E-state index in [4.69, 9.17) is 33.2 Å². The quantitative estimate of drug-likeness (QED) is 0.0790. The van der Waals surface area contributed by atoms with Crippen LogP contribution in [0.4, 0.5) is 0 Å². The minimum absolute atomic E-state index is 0.0412. The highest BCUT2D eigenvalue weighted by Gasteiger charge is 2.54. The number of hydrogen-bond donors (Lipinski definition) is 7. The highest BCUT2D eigenvalue weighted by Crippen LogP contribution is 2.34. The molecule has 0 spiro atoms. The second-order valence-electron chi connectivity index (χ2n) is 12.4. The van der Waals surface area contributed by atoms with Crippen molar-refractivity contribution in [2.75, 3.05) is 25.7 Å². The van der Waals surface area contributed by atoms with E-state index in [0.717, 1.165) is 12.5 Å². The third kappa shape index (κ3) is 10.7. The van der Waals surface area contributed by atoms with Gasteiger partial charge in [0.05, 0.1) is 56.1 Å². The van der Waals surface area contributed by atoms with Crippen LogP contribution in [0.15, 0.2) is 0 Å². The predicted molar refractivity (Wildman–Crippen MR) is 158 cm³/mol. The van der Waals surface area contributed by atoms with Gasteiger partial charge in [0.2, 0.25) is 26.3 Å². The Kier molecular flexibility index (Phi) is 14.3. The lowest BCUT2D eigenvalue weighted by molar-refractivity contribution is -0.385. The number of ether oxygens (including phenoxy) is 7. The third-order valence-electron chi connectivity index (χ3n) is 7.75. The van der Waals surface area contributed by atoms with E-state index >= 15 is 0 Å². The lowest BCUT2D eigenvalue weighted by Gasteiger charge is -2.49. The molecule has 0 aliphatic carbocycles. The SMILES string of the molecule is CC(C)O[C@H]1CC(NS(C)(=O)=O)[C@H](O[C@@H]2C(OC=O)O[C@@H](O[C@@H]3C(CO)O[C@@H](C(C)C)C(NS(C)(=O)=O)[C@@H]3O)C(O)[C@@H]2O)OC1CO. The van der Waals surface area contributed by atoms with Crippen LogP contribution in [0, 0.1) is 5.92 Å². The van der Waals surface area contributed by atoms with E-state index in [-0.39, 0.29) is 24.9 Å². The van der Waals surface area contributed by atoms with Gasteiger partial charge >= 0.3 is 0 Å². The Morgan fingerprint density at radius 1 is 0.787 bits per heavy atom. The normalized spacial score (nSPS) is 40.4. The molecule has 6 unspecified atom stereocenters. The van der Waals surface area contributed by atoms with Crippen LogP contribution in [-0.4, -0.2) is 167 Å². The molecule has 3 fully saturated rings. The van der Waals surface area contributed by atoms with Gasteiger partial charge in [0, 0.05) is 0 Å². The van der Waals surface area contributed by atoms with E-state index in [1.54, 1.807) is 27.7 Å². The van der Waals surface area contributed by atoms with Gasteiger partial charge in [0.15, 0.2) is 18.7 Å². The van der Waals surface area contributed by atoms with E-state index in [2.05, 4.69) is 9.44 Å². The van der Waals surface area contributed by atoms with Crippen molar-refractivity contribution in [3.63, 3.8) is 0 Å². The molecule has 3 rings (SSSR count). The second-order valence-corrected chi connectivity index (χ2v) is 16.0. The molecule has 0 aromatic heterocycles. The summed E-state index contributed by atoms with van der Waals surface area (Å²) in [5.41, 5.74) is 0. The van der Waals surface area contributed by atoms with Gasteiger partial charge in [-0.1, -0.05) is 13.8 Å². The van der Waals surface area contributed by atoms with Crippen LogP contribution >= 0.6 is 0 Å². The Bertz CT molecular complexity index is 1220. The summed E-state index contributed by atoms with van der Waals surface area (Å²) in [6.07, 6.45) is -16.6. The Morgan fingerprint density at radius 3 is 1.89 bits per heavy atom. The smallest absolute Gasteiger partial charge is 0.295 e. The number of aliphatic hydroxyl groups excluding tert-OH is 5. The molecule has 3 aliphatic heterocycles. The van der Waals surface area contributed by atoms with Crippen LogP contribution in [0.3, 0.4) is 0 Å². The standard InChI is InChI=1S/C26H48N2O17S2/c1-11(2)21-17(28-47(6,37)38)18(32)22(16(9-30)41-21)43-25-20(34)19(33)23(26(45-25)39-10-31)44-24-13(27-46(5,35)36)7-14(40-12(3)4)15(8-29)42-24/h10-30,32-34H,7-9H2,1-6H3/t13?,14-,15?,16?,17?,18-,19-,20?,21-,22+,23-,24-,25+,26?/m0/s1. The molecule has 7 N–H and O–H groups in total. The fourth-order valence-corrected chi connectivity index (χ4v) is 7.34. The zero-order valence-corrected chi connectivity index (χ0v) is 28.5. The minimum atomic E-state index is -3.87. The van der Waals surface area contributed by atoms with Crippen molar-refractivity contribution in [2.45, 2.75) is 126 Å². The number of aliphatic hydroxyl groups is 5. The monoisotopic (exact) mass is 724 g/mol. The fourth-order valence-electron chi connectivity index (χ4n) is 5.82. The predicted octanol–water partition coefficient (Wildman–Crippen LogP) is -4.15. The van der Waals surface area contributed by atoms with Gasteiger partial charge in [-0.3, -0.25) is 4.79 Å². The molecule has 3 heterocycles. The van der Waals surface area contributed by atoms with Gasteiger partial charge in [-0.15, -0.1) is 0 Å². The number of hydrogen-bond acceptors (Lipinski definition) is 17. The lowest BCUT2D eigenvalue weighted by atomic mass is 9.88. The van der Waals surface area contributed by atoms with Gasteiger partial charge in [-0.25, -0.2) is 26.3 Å². The zero-order valence-electron chi connectivity index (χ0n) is 26.9. The largest absolute Gasteiger partial charge is 0.435 e. The van der Waals surface area contributed by atoms with Crippen molar-refractivity contribution >= 4 is 26.5 Å². The molecule has 21 heteroatoms. The van der Waals surface area contributed by atoms with Gasteiger partial charge in [-0.05, 0) is 26.2 Å². The second kappa shape index (κ2) is 16.7. The van der Waals surface area contributed by atoms with Crippen molar-refractivity contribution in [3.05, 3.63) is 0 Å². The topological polar surface area (TPSA) is 275 Å². The van der Waals surface area contributed by atoms with Crippen molar-refractivity contribution in [3.8, 4) is 0 Å². The number of carbonyl (C=O) groups excluding carboxylic acids is 1. The molecule has 14 atom stereocenters. The summed E-state index contributed by atoms with van der Waals surface area (Å²) in [6.45, 7) is 5.59. The summed E-state index contributed by atoms with van der Waals surface area (Å²) in [4.78, 5) is 11.4. The first kappa shape index (κ1) is 40.3. The van der Waals surface area contributed by atoms with E-state index in [1.165, 1.54) is 0 Å². The molecule has 0 saturated carbocycles. The first-order valence-electron chi connectivity index (χ1n) is 15.0. The van der Waals surface area contributed by atoms with Crippen molar-refractivity contribution in [1.29, 1.82) is 0 Å². The molecular weight excluding hydrogens is 676 g/mol. The molecular formula is C26H48N2O17S2. The van der Waals surface area contributed by atoms with Crippen LogP contribution in [0.5, 0.6) is 0 Å². The maximum atomic E-state index is 12.2. The summed E-state index contributed by atoms with van der Waals surface area (Å²) < 4.78 is 92.8. The molecule has 3 saturated heterocycles. The third-order valence-corrected chi connectivity index (χ3v) is 9.18. The maximum absolute atomic E-state index is 12.2. The lowest BCUT2D eigenvalue weighted by Crippen LogP contribution is -2.68. The minimum Gasteiger partial charge on any atom is -0.435 e. The molecule has 0 aromatic rings. The van der Waals surface area contributed by atoms with Crippen LogP contribution in [0.1, 0.15) is 34.1 Å². The average molecular weight is 725 g/mol. The molecule has 0 amide bonds. The summed E-state index contributed by atoms with van der Waals surface area (Å²) in [5.74, 6) is -0.332. The Balaban J connectivity index is 1.86. The first-order chi connectivity index (χ1) is 21.8. The fraction of sp³-hybridized carbons (Fsp3) is 0.962. The summed E-state index contributed by atoms with van der Waals surface area (Å²) in [5, 5.41) is 53.4. The van der Waals surface area contributed by atoms with Crippen LogP contribution in [0.25, 0.3) is 0 Å². The van der Waals surface area contributed by atoms with E-state index in [9.17, 15) is 47.2 Å². The molecule has 19 nitrogen and oxygen atoms in total. The Labute approximate surface area is 273 Å². The van der Waals surface area contributed by atoms with Gasteiger partial charge in [0.25, 0.3) is 6.47 Å². The summed E-state index contributed by atoms with van der Waals surface area (Å²) in [6, 6.07) is -2.40. The highest BCUT2D eigenvalue weighted by molar-refractivity contribution is 7.89.